The molecular formula is C8H15NO. The molecule has 0 spiro atoms. The summed E-state index contributed by atoms with van der Waals surface area (Å²) in [7, 11) is 0. The second-order valence-corrected chi connectivity index (χ2v) is 2.11. The molecule has 0 atom stereocenters. The number of hydrogen-bond donors (Lipinski definition) is 1. The lowest BCUT2D eigenvalue weighted by atomic mass is 10.2. The smallest absolute Gasteiger partial charge is 0.157 e. The monoisotopic (exact) mass is 141 g/mol. The summed E-state index contributed by atoms with van der Waals surface area (Å²) in [5, 5.41) is 2.94. The molecule has 0 unspecified atom stereocenters. The van der Waals surface area contributed by atoms with Gasteiger partial charge < -0.3 is 5.32 Å². The number of rotatable bonds is 5. The van der Waals surface area contributed by atoms with E-state index in [-0.39, 0.29) is 5.78 Å². The number of nitrogens with one attached hydrogen (secondary N) is 1. The number of carbonyl (C=O) groups is 1. The van der Waals surface area contributed by atoms with Gasteiger partial charge >= 0.3 is 0 Å². The second-order valence-electron chi connectivity index (χ2n) is 2.11. The van der Waals surface area contributed by atoms with Crippen LogP contribution in [0.25, 0.3) is 0 Å². The van der Waals surface area contributed by atoms with Gasteiger partial charge in [-0.2, -0.15) is 0 Å². The SMILES string of the molecule is CCCC(=O)/C=C/NCC. The first-order valence-electron chi connectivity index (χ1n) is 3.74. The summed E-state index contributed by atoms with van der Waals surface area (Å²) < 4.78 is 0. The average Bonchev–Trinajstić information content (AvgIpc) is 1.89. The number of ketones is 1. The Hall–Kier alpha value is -0.790. The first-order valence-corrected chi connectivity index (χ1v) is 3.74. The Morgan fingerprint density at radius 3 is 2.70 bits per heavy atom. The van der Waals surface area contributed by atoms with Crippen molar-refractivity contribution in [3.05, 3.63) is 12.3 Å². The van der Waals surface area contributed by atoms with Gasteiger partial charge in [-0.3, -0.25) is 4.79 Å². The van der Waals surface area contributed by atoms with Gasteiger partial charge in [0.05, 0.1) is 0 Å². The van der Waals surface area contributed by atoms with Crippen LogP contribution in [0.2, 0.25) is 0 Å². The molecule has 0 amide bonds. The van der Waals surface area contributed by atoms with Crippen molar-refractivity contribution >= 4 is 5.78 Å². The molecule has 0 bridgehead atoms. The normalized spacial score (nSPS) is 10.2. The van der Waals surface area contributed by atoms with Crippen LogP contribution in [0.4, 0.5) is 0 Å². The zero-order valence-electron chi connectivity index (χ0n) is 6.68. The topological polar surface area (TPSA) is 29.1 Å². The van der Waals surface area contributed by atoms with Gasteiger partial charge in [-0.1, -0.05) is 6.92 Å². The molecule has 1 N–H and O–H groups in total. The molecule has 0 saturated carbocycles. The standard InChI is InChI=1S/C8H15NO/c1-3-5-8(10)6-7-9-4-2/h6-7,9H,3-5H2,1-2H3/b7-6+. The number of allylic oxidation sites excluding steroid dienone is 1. The molecule has 0 heterocycles. The molecule has 0 rings (SSSR count). The summed E-state index contributed by atoms with van der Waals surface area (Å²) in [6, 6.07) is 0. The van der Waals surface area contributed by atoms with Crippen LogP contribution in [-0.4, -0.2) is 12.3 Å². The lowest BCUT2D eigenvalue weighted by Crippen LogP contribution is -2.03. The Morgan fingerprint density at radius 1 is 1.50 bits per heavy atom. The van der Waals surface area contributed by atoms with Gasteiger partial charge in [0.25, 0.3) is 0 Å². The van der Waals surface area contributed by atoms with E-state index < -0.39 is 0 Å². The van der Waals surface area contributed by atoms with Crippen molar-refractivity contribution in [2.45, 2.75) is 26.7 Å². The highest BCUT2D eigenvalue weighted by Crippen LogP contribution is 1.88. The predicted molar refractivity (Wildman–Crippen MR) is 42.7 cm³/mol. The maximum Gasteiger partial charge on any atom is 0.157 e. The van der Waals surface area contributed by atoms with Crippen LogP contribution in [-0.2, 0) is 4.79 Å². The van der Waals surface area contributed by atoms with Gasteiger partial charge in [-0.15, -0.1) is 0 Å². The van der Waals surface area contributed by atoms with Gasteiger partial charge in [0.2, 0.25) is 0 Å². The van der Waals surface area contributed by atoms with Crippen molar-refractivity contribution in [2.75, 3.05) is 6.54 Å². The van der Waals surface area contributed by atoms with Gasteiger partial charge in [-0.25, -0.2) is 0 Å². The Morgan fingerprint density at radius 2 is 2.20 bits per heavy atom. The highest BCUT2D eigenvalue weighted by Gasteiger charge is 1.90. The zero-order valence-corrected chi connectivity index (χ0v) is 6.68. The van der Waals surface area contributed by atoms with Crippen molar-refractivity contribution < 1.29 is 4.79 Å². The van der Waals surface area contributed by atoms with E-state index in [9.17, 15) is 4.79 Å². The third kappa shape index (κ3) is 5.35. The maximum atomic E-state index is 10.8. The van der Waals surface area contributed by atoms with Crippen molar-refractivity contribution in [1.29, 1.82) is 0 Å². The van der Waals surface area contributed by atoms with Crippen LogP contribution in [0, 0.1) is 0 Å². The number of hydrogen-bond acceptors (Lipinski definition) is 2. The van der Waals surface area contributed by atoms with Crippen LogP contribution in [0.15, 0.2) is 12.3 Å². The Balaban J connectivity index is 3.36. The highest BCUT2D eigenvalue weighted by atomic mass is 16.1. The molecule has 0 aromatic rings. The Kier molecular flexibility index (Phi) is 5.83. The van der Waals surface area contributed by atoms with Crippen LogP contribution in [0.1, 0.15) is 26.7 Å². The lowest BCUT2D eigenvalue weighted by molar-refractivity contribution is -0.114. The summed E-state index contributed by atoms with van der Waals surface area (Å²) in [4.78, 5) is 10.8. The number of carbonyl (C=O) groups excluding carboxylic acids is 1. The Bertz CT molecular complexity index is 118. The maximum absolute atomic E-state index is 10.8. The molecule has 10 heavy (non-hydrogen) atoms. The molecule has 0 radical (unpaired) electrons. The molecular weight excluding hydrogens is 126 g/mol. The molecule has 2 heteroatoms. The molecule has 58 valence electrons. The minimum absolute atomic E-state index is 0.198. The highest BCUT2D eigenvalue weighted by molar-refractivity contribution is 5.89. The largest absolute Gasteiger partial charge is 0.391 e. The molecule has 0 aromatic carbocycles. The molecule has 0 aliphatic rings. The molecule has 0 aromatic heterocycles. The average molecular weight is 141 g/mol. The van der Waals surface area contributed by atoms with Crippen molar-refractivity contribution in [3.63, 3.8) is 0 Å². The van der Waals surface area contributed by atoms with E-state index in [1.807, 2.05) is 13.8 Å². The summed E-state index contributed by atoms with van der Waals surface area (Å²) >= 11 is 0. The van der Waals surface area contributed by atoms with E-state index in [0.717, 1.165) is 13.0 Å². The minimum Gasteiger partial charge on any atom is -0.391 e. The fraction of sp³-hybridized carbons (Fsp3) is 0.625. The lowest BCUT2D eigenvalue weighted by Gasteiger charge is -1.91. The van der Waals surface area contributed by atoms with E-state index in [2.05, 4.69) is 5.32 Å². The van der Waals surface area contributed by atoms with Gasteiger partial charge in [0, 0.05) is 13.0 Å². The molecule has 0 aliphatic heterocycles. The van der Waals surface area contributed by atoms with Crippen molar-refractivity contribution in [3.8, 4) is 0 Å². The van der Waals surface area contributed by atoms with E-state index in [4.69, 9.17) is 0 Å². The summed E-state index contributed by atoms with van der Waals surface area (Å²) in [6.07, 6.45) is 4.88. The van der Waals surface area contributed by atoms with Crippen molar-refractivity contribution in [1.82, 2.24) is 5.32 Å². The first kappa shape index (κ1) is 9.21. The van der Waals surface area contributed by atoms with Gasteiger partial charge in [-0.05, 0) is 25.6 Å². The molecule has 0 saturated heterocycles. The van der Waals surface area contributed by atoms with Crippen molar-refractivity contribution in [2.24, 2.45) is 0 Å². The van der Waals surface area contributed by atoms with Crippen LogP contribution < -0.4 is 5.32 Å². The molecule has 0 aliphatic carbocycles. The minimum atomic E-state index is 0.198. The van der Waals surface area contributed by atoms with Gasteiger partial charge in [0.1, 0.15) is 0 Å². The van der Waals surface area contributed by atoms with E-state index in [1.54, 1.807) is 12.3 Å². The predicted octanol–water partition coefficient (Wildman–Crippen LogP) is 1.48. The van der Waals surface area contributed by atoms with E-state index in [1.165, 1.54) is 0 Å². The summed E-state index contributed by atoms with van der Waals surface area (Å²) in [6.45, 7) is 4.86. The quantitative estimate of drug-likeness (QED) is 0.587. The van der Waals surface area contributed by atoms with E-state index >= 15 is 0 Å². The fourth-order valence-electron chi connectivity index (χ4n) is 0.599. The second kappa shape index (κ2) is 6.33. The third-order valence-electron chi connectivity index (χ3n) is 1.09. The summed E-state index contributed by atoms with van der Waals surface area (Å²) in [5.74, 6) is 0.198. The summed E-state index contributed by atoms with van der Waals surface area (Å²) in [5.41, 5.74) is 0. The molecule has 0 fully saturated rings. The third-order valence-corrected chi connectivity index (χ3v) is 1.09. The van der Waals surface area contributed by atoms with Crippen LogP contribution in [0.5, 0.6) is 0 Å². The van der Waals surface area contributed by atoms with Crippen LogP contribution >= 0.6 is 0 Å². The zero-order chi connectivity index (χ0) is 7.82. The van der Waals surface area contributed by atoms with Gasteiger partial charge in [0.15, 0.2) is 5.78 Å². The Labute approximate surface area is 62.3 Å². The fourth-order valence-corrected chi connectivity index (χ4v) is 0.599. The van der Waals surface area contributed by atoms with E-state index in [0.29, 0.717) is 6.42 Å². The van der Waals surface area contributed by atoms with Crippen LogP contribution in [0.3, 0.4) is 0 Å². The first-order chi connectivity index (χ1) is 4.81. The molecule has 2 nitrogen and oxygen atoms in total.